The van der Waals surface area contributed by atoms with Gasteiger partial charge in [-0.3, -0.25) is 14.4 Å². The normalized spacial score (nSPS) is 19.6. The molecule has 0 radical (unpaired) electrons. The molecule has 24 heavy (non-hydrogen) atoms. The fraction of sp³-hybridized carbons (Fsp3) is 0.438. The molecule has 1 aromatic carbocycles. The van der Waals surface area contributed by atoms with Gasteiger partial charge in [-0.25, -0.2) is 0 Å². The first kappa shape index (κ1) is 18.1. The maximum atomic E-state index is 12.4. The Labute approximate surface area is 144 Å². The molecule has 1 aromatic rings. The molecule has 0 saturated carbocycles. The second-order valence-electron chi connectivity index (χ2n) is 5.61. The van der Waals surface area contributed by atoms with Gasteiger partial charge in [-0.2, -0.15) is 11.8 Å². The summed E-state index contributed by atoms with van der Waals surface area (Å²) in [6.45, 7) is 0. The van der Waals surface area contributed by atoms with E-state index in [0.717, 1.165) is 5.75 Å². The maximum Gasteiger partial charge on any atom is 0.311 e. The molecule has 0 spiro atoms. The predicted molar refractivity (Wildman–Crippen MR) is 91.6 cm³/mol. The van der Waals surface area contributed by atoms with E-state index in [1.807, 2.05) is 0 Å². The van der Waals surface area contributed by atoms with Gasteiger partial charge in [0.2, 0.25) is 5.91 Å². The Morgan fingerprint density at radius 1 is 1.38 bits per heavy atom. The molecule has 0 aromatic heterocycles. The maximum absolute atomic E-state index is 12.4. The van der Waals surface area contributed by atoms with Crippen LogP contribution in [0.2, 0.25) is 0 Å². The van der Waals surface area contributed by atoms with E-state index >= 15 is 0 Å². The van der Waals surface area contributed by atoms with Crippen molar-refractivity contribution >= 4 is 35.2 Å². The SMILES string of the molecule is CNC(=O)c1ccc(OC)c(NC(=O)C[C@]2(C(=O)O)CCSC2)c1. The van der Waals surface area contributed by atoms with Crippen molar-refractivity contribution < 1.29 is 24.2 Å². The van der Waals surface area contributed by atoms with Crippen molar-refractivity contribution in [3.63, 3.8) is 0 Å². The van der Waals surface area contributed by atoms with Gasteiger partial charge in [0.15, 0.2) is 0 Å². The van der Waals surface area contributed by atoms with E-state index in [0.29, 0.717) is 29.2 Å². The first-order chi connectivity index (χ1) is 11.4. The summed E-state index contributed by atoms with van der Waals surface area (Å²) >= 11 is 1.54. The van der Waals surface area contributed by atoms with E-state index in [9.17, 15) is 19.5 Å². The zero-order chi connectivity index (χ0) is 17.7. The highest BCUT2D eigenvalue weighted by Crippen LogP contribution is 2.39. The van der Waals surface area contributed by atoms with E-state index in [2.05, 4.69) is 10.6 Å². The number of nitrogens with one attached hydrogen (secondary N) is 2. The Kier molecular flexibility index (Phi) is 5.71. The largest absolute Gasteiger partial charge is 0.495 e. The molecule has 0 bridgehead atoms. The molecule has 2 rings (SSSR count). The van der Waals surface area contributed by atoms with Crippen LogP contribution in [0, 0.1) is 5.41 Å². The van der Waals surface area contributed by atoms with Crippen LogP contribution in [-0.2, 0) is 9.59 Å². The summed E-state index contributed by atoms with van der Waals surface area (Å²) in [5, 5.41) is 14.6. The Morgan fingerprint density at radius 3 is 2.67 bits per heavy atom. The first-order valence-corrected chi connectivity index (χ1v) is 8.58. The number of hydrogen-bond donors (Lipinski definition) is 3. The Hall–Kier alpha value is -2.22. The summed E-state index contributed by atoms with van der Waals surface area (Å²) in [5.41, 5.74) is -0.312. The molecule has 130 valence electrons. The van der Waals surface area contributed by atoms with Gasteiger partial charge in [-0.15, -0.1) is 0 Å². The number of methoxy groups -OCH3 is 1. The molecule has 0 unspecified atom stereocenters. The molecule has 1 fully saturated rings. The number of carboxylic acid groups (broad SMARTS) is 1. The number of carbonyl (C=O) groups excluding carboxylic acids is 2. The van der Waals surface area contributed by atoms with Crippen LogP contribution in [0.1, 0.15) is 23.2 Å². The van der Waals surface area contributed by atoms with Crippen molar-refractivity contribution in [1.82, 2.24) is 5.32 Å². The van der Waals surface area contributed by atoms with Crippen molar-refractivity contribution in [2.24, 2.45) is 5.41 Å². The number of ether oxygens (including phenoxy) is 1. The number of carboxylic acids is 1. The number of aliphatic carboxylic acids is 1. The summed E-state index contributed by atoms with van der Waals surface area (Å²) in [7, 11) is 2.97. The van der Waals surface area contributed by atoms with Crippen molar-refractivity contribution in [2.75, 3.05) is 31.0 Å². The number of amides is 2. The third-order valence-electron chi connectivity index (χ3n) is 4.02. The van der Waals surface area contributed by atoms with Crippen molar-refractivity contribution in [3.8, 4) is 5.75 Å². The highest BCUT2D eigenvalue weighted by Gasteiger charge is 2.43. The highest BCUT2D eigenvalue weighted by molar-refractivity contribution is 7.99. The summed E-state index contributed by atoms with van der Waals surface area (Å²) < 4.78 is 5.19. The number of carbonyl (C=O) groups is 3. The second kappa shape index (κ2) is 7.57. The minimum absolute atomic E-state index is 0.108. The highest BCUT2D eigenvalue weighted by atomic mass is 32.2. The van der Waals surface area contributed by atoms with Crippen LogP contribution in [0.15, 0.2) is 18.2 Å². The lowest BCUT2D eigenvalue weighted by molar-refractivity contribution is -0.149. The Bertz CT molecular complexity index is 656. The van der Waals surface area contributed by atoms with E-state index < -0.39 is 17.3 Å². The van der Waals surface area contributed by atoms with Crippen LogP contribution < -0.4 is 15.4 Å². The van der Waals surface area contributed by atoms with Gasteiger partial charge in [-0.05, 0) is 30.4 Å². The van der Waals surface area contributed by atoms with Crippen LogP contribution in [0.4, 0.5) is 5.69 Å². The molecule has 3 N–H and O–H groups in total. The molecular formula is C16H20N2O5S. The fourth-order valence-corrected chi connectivity index (χ4v) is 4.02. The second-order valence-corrected chi connectivity index (χ2v) is 6.71. The lowest BCUT2D eigenvalue weighted by Crippen LogP contribution is -2.35. The lowest BCUT2D eigenvalue weighted by atomic mass is 9.84. The smallest absolute Gasteiger partial charge is 0.311 e. The van der Waals surface area contributed by atoms with Crippen molar-refractivity contribution in [1.29, 1.82) is 0 Å². The van der Waals surface area contributed by atoms with Crippen molar-refractivity contribution in [3.05, 3.63) is 23.8 Å². The minimum atomic E-state index is -1.03. The van der Waals surface area contributed by atoms with Gasteiger partial charge in [0.05, 0.1) is 18.2 Å². The van der Waals surface area contributed by atoms with Gasteiger partial charge in [0.25, 0.3) is 5.91 Å². The third kappa shape index (κ3) is 3.81. The standard InChI is InChI=1S/C16H20N2O5S/c1-17-14(20)10-3-4-12(23-2)11(7-10)18-13(19)8-16(15(21)22)5-6-24-9-16/h3-4,7H,5-6,8-9H2,1-2H3,(H,17,20)(H,18,19)(H,21,22)/t16-/m1/s1. The Morgan fingerprint density at radius 2 is 2.12 bits per heavy atom. The monoisotopic (exact) mass is 352 g/mol. The van der Waals surface area contributed by atoms with Gasteiger partial charge in [-0.1, -0.05) is 0 Å². The minimum Gasteiger partial charge on any atom is -0.495 e. The number of hydrogen-bond acceptors (Lipinski definition) is 5. The molecule has 2 amide bonds. The zero-order valence-electron chi connectivity index (χ0n) is 13.5. The van der Waals surface area contributed by atoms with Gasteiger partial charge >= 0.3 is 5.97 Å². The van der Waals surface area contributed by atoms with Gasteiger partial charge < -0.3 is 20.5 Å². The van der Waals surface area contributed by atoms with E-state index in [4.69, 9.17) is 4.74 Å². The molecule has 1 saturated heterocycles. The molecule has 1 heterocycles. The number of anilines is 1. The molecule has 1 atom stereocenters. The molecule has 8 heteroatoms. The predicted octanol–water partition coefficient (Wildman–Crippen LogP) is 1.59. The summed E-state index contributed by atoms with van der Waals surface area (Å²) in [5.74, 6) is -0.0928. The van der Waals surface area contributed by atoms with Crippen LogP contribution in [0.3, 0.4) is 0 Å². The topological polar surface area (TPSA) is 105 Å². The Balaban J connectivity index is 2.18. The van der Waals surface area contributed by atoms with Gasteiger partial charge in [0.1, 0.15) is 5.75 Å². The summed E-state index contributed by atoms with van der Waals surface area (Å²) in [6.07, 6.45) is 0.360. The summed E-state index contributed by atoms with van der Waals surface area (Å²) in [4.78, 5) is 35.6. The van der Waals surface area contributed by atoms with Crippen LogP contribution in [-0.4, -0.2) is 48.6 Å². The lowest BCUT2D eigenvalue weighted by Gasteiger charge is -2.22. The van der Waals surface area contributed by atoms with Crippen LogP contribution in [0.5, 0.6) is 5.75 Å². The molecule has 0 aliphatic carbocycles. The number of thioether (sulfide) groups is 1. The van der Waals surface area contributed by atoms with E-state index in [1.165, 1.54) is 32.0 Å². The van der Waals surface area contributed by atoms with E-state index in [-0.39, 0.29) is 12.3 Å². The molecule has 1 aliphatic rings. The average molecular weight is 352 g/mol. The molecular weight excluding hydrogens is 332 g/mol. The van der Waals surface area contributed by atoms with Crippen LogP contribution in [0.25, 0.3) is 0 Å². The average Bonchev–Trinajstić information content (AvgIpc) is 3.03. The van der Waals surface area contributed by atoms with Gasteiger partial charge in [0, 0.05) is 24.8 Å². The number of benzene rings is 1. The molecule has 1 aliphatic heterocycles. The molecule has 7 nitrogen and oxygen atoms in total. The quantitative estimate of drug-likeness (QED) is 0.718. The van der Waals surface area contributed by atoms with Crippen LogP contribution >= 0.6 is 11.8 Å². The zero-order valence-corrected chi connectivity index (χ0v) is 14.4. The van der Waals surface area contributed by atoms with E-state index in [1.54, 1.807) is 12.1 Å². The summed E-state index contributed by atoms with van der Waals surface area (Å²) in [6, 6.07) is 4.67. The fourth-order valence-electron chi connectivity index (χ4n) is 2.58. The number of rotatable bonds is 6. The first-order valence-electron chi connectivity index (χ1n) is 7.43. The van der Waals surface area contributed by atoms with Crippen molar-refractivity contribution in [2.45, 2.75) is 12.8 Å². The third-order valence-corrected chi connectivity index (χ3v) is 5.27.